The summed E-state index contributed by atoms with van der Waals surface area (Å²) in [5, 5.41) is 1.17. The lowest BCUT2D eigenvalue weighted by Gasteiger charge is -2.13. The lowest BCUT2D eigenvalue weighted by Crippen LogP contribution is -1.98. The highest BCUT2D eigenvalue weighted by Gasteiger charge is 2.10. The second-order valence-corrected chi connectivity index (χ2v) is 4.59. The van der Waals surface area contributed by atoms with E-state index in [1.54, 1.807) is 0 Å². The van der Waals surface area contributed by atoms with Crippen molar-refractivity contribution >= 4 is 10.9 Å². The maximum Gasteiger partial charge on any atom is 0.0702 e. The lowest BCUT2D eigenvalue weighted by molar-refractivity contribution is 1.02. The zero-order valence-electron chi connectivity index (χ0n) is 10.7. The Balaban J connectivity index is 2.09. The molecule has 0 saturated heterocycles. The Hall–Kier alpha value is -2.41. The number of aromatic nitrogens is 1. The van der Waals surface area contributed by atoms with Crippen LogP contribution in [0.1, 0.15) is 17.0 Å². The van der Waals surface area contributed by atoms with Gasteiger partial charge in [-0.05, 0) is 23.3 Å². The maximum absolute atomic E-state index is 4.53. The van der Waals surface area contributed by atoms with Gasteiger partial charge in [-0.15, -0.1) is 6.58 Å². The molecule has 0 unspecified atom stereocenters. The van der Waals surface area contributed by atoms with Crippen LogP contribution in [0, 0.1) is 0 Å². The third kappa shape index (κ3) is 2.27. The summed E-state index contributed by atoms with van der Waals surface area (Å²) >= 11 is 0. The van der Waals surface area contributed by atoms with Crippen molar-refractivity contribution < 1.29 is 0 Å². The Morgan fingerprint density at radius 2 is 1.63 bits per heavy atom. The summed E-state index contributed by atoms with van der Waals surface area (Å²) in [5.74, 6) is 0.193. The summed E-state index contributed by atoms with van der Waals surface area (Å²) in [4.78, 5) is 4.53. The van der Waals surface area contributed by atoms with Crippen LogP contribution >= 0.6 is 0 Å². The molecule has 19 heavy (non-hydrogen) atoms. The van der Waals surface area contributed by atoms with Gasteiger partial charge in [0.25, 0.3) is 0 Å². The van der Waals surface area contributed by atoms with Crippen molar-refractivity contribution in [3.05, 3.63) is 90.6 Å². The maximum atomic E-state index is 4.53. The summed E-state index contributed by atoms with van der Waals surface area (Å²) in [5.41, 5.74) is 3.46. The highest BCUT2D eigenvalue weighted by atomic mass is 14.6. The number of hydrogen-bond acceptors (Lipinski definition) is 1. The molecule has 1 nitrogen and oxygen atoms in total. The predicted molar refractivity (Wildman–Crippen MR) is 80.2 cm³/mol. The van der Waals surface area contributed by atoms with E-state index in [-0.39, 0.29) is 5.92 Å². The van der Waals surface area contributed by atoms with Crippen LogP contribution in [0.2, 0.25) is 0 Å². The number of pyridine rings is 1. The fourth-order valence-electron chi connectivity index (χ4n) is 2.38. The Bertz CT molecular complexity index is 701. The predicted octanol–water partition coefficient (Wildman–Crippen LogP) is 4.55. The van der Waals surface area contributed by atoms with Crippen LogP contribution in [0.4, 0.5) is 0 Å². The van der Waals surface area contributed by atoms with E-state index in [0.717, 1.165) is 5.52 Å². The average molecular weight is 245 g/mol. The molecule has 0 aliphatic carbocycles. The summed E-state index contributed by atoms with van der Waals surface area (Å²) in [6.45, 7) is 3.97. The molecule has 0 aliphatic heterocycles. The van der Waals surface area contributed by atoms with Crippen molar-refractivity contribution in [3.8, 4) is 0 Å². The molecule has 0 fully saturated rings. The topological polar surface area (TPSA) is 12.9 Å². The van der Waals surface area contributed by atoms with Crippen LogP contribution in [-0.4, -0.2) is 4.98 Å². The number of hydrogen-bond donors (Lipinski definition) is 0. The van der Waals surface area contributed by atoms with E-state index in [1.807, 2.05) is 36.5 Å². The van der Waals surface area contributed by atoms with Gasteiger partial charge in [0.2, 0.25) is 0 Å². The molecule has 92 valence electrons. The van der Waals surface area contributed by atoms with Gasteiger partial charge in [0.05, 0.1) is 5.52 Å². The number of rotatable bonds is 3. The van der Waals surface area contributed by atoms with E-state index in [4.69, 9.17) is 0 Å². The first-order valence-corrected chi connectivity index (χ1v) is 6.40. The van der Waals surface area contributed by atoms with Crippen molar-refractivity contribution in [2.24, 2.45) is 0 Å². The average Bonchev–Trinajstić information content (AvgIpc) is 2.49. The number of para-hydroxylation sites is 1. The van der Waals surface area contributed by atoms with Gasteiger partial charge in [0.15, 0.2) is 0 Å². The van der Waals surface area contributed by atoms with Crippen LogP contribution < -0.4 is 0 Å². The van der Waals surface area contributed by atoms with Gasteiger partial charge >= 0.3 is 0 Å². The Morgan fingerprint density at radius 1 is 0.895 bits per heavy atom. The summed E-state index contributed by atoms with van der Waals surface area (Å²) < 4.78 is 0. The molecular weight excluding hydrogens is 230 g/mol. The molecule has 3 aromatic rings. The molecule has 3 rings (SSSR count). The SMILES string of the molecule is C=C[C@H](c1ccccc1)c1cnc2ccccc2c1. The second-order valence-electron chi connectivity index (χ2n) is 4.59. The molecule has 1 atom stereocenters. The fourth-order valence-corrected chi connectivity index (χ4v) is 2.38. The summed E-state index contributed by atoms with van der Waals surface area (Å²) in [6.07, 6.45) is 3.92. The zero-order chi connectivity index (χ0) is 13.1. The molecule has 0 aliphatic rings. The van der Waals surface area contributed by atoms with Gasteiger partial charge < -0.3 is 0 Å². The van der Waals surface area contributed by atoms with Crippen LogP contribution in [0.5, 0.6) is 0 Å². The van der Waals surface area contributed by atoms with Crippen molar-refractivity contribution in [1.29, 1.82) is 0 Å². The Kier molecular flexibility index (Phi) is 3.11. The Morgan fingerprint density at radius 3 is 2.42 bits per heavy atom. The van der Waals surface area contributed by atoms with Crippen molar-refractivity contribution in [3.63, 3.8) is 0 Å². The molecule has 0 spiro atoms. The smallest absolute Gasteiger partial charge is 0.0702 e. The van der Waals surface area contributed by atoms with E-state index in [2.05, 4.69) is 48.0 Å². The van der Waals surface area contributed by atoms with Gasteiger partial charge in [-0.25, -0.2) is 0 Å². The van der Waals surface area contributed by atoms with Crippen LogP contribution in [0.25, 0.3) is 10.9 Å². The van der Waals surface area contributed by atoms with E-state index in [1.165, 1.54) is 16.5 Å². The number of benzene rings is 2. The van der Waals surface area contributed by atoms with Crippen LogP contribution in [0.3, 0.4) is 0 Å². The van der Waals surface area contributed by atoms with Gasteiger partial charge in [-0.3, -0.25) is 4.98 Å². The standard InChI is InChI=1S/C18H15N/c1-2-17(14-8-4-3-5-9-14)16-12-15-10-6-7-11-18(15)19-13-16/h2-13,17H,1H2/t17-/m1/s1. The summed E-state index contributed by atoms with van der Waals surface area (Å²) in [7, 11) is 0. The largest absolute Gasteiger partial charge is 0.256 e. The highest BCUT2D eigenvalue weighted by Crippen LogP contribution is 2.27. The van der Waals surface area contributed by atoms with Gasteiger partial charge in [-0.1, -0.05) is 54.6 Å². The monoisotopic (exact) mass is 245 g/mol. The first-order chi connectivity index (χ1) is 9.38. The van der Waals surface area contributed by atoms with E-state index >= 15 is 0 Å². The van der Waals surface area contributed by atoms with Crippen molar-refractivity contribution in [2.75, 3.05) is 0 Å². The number of fused-ring (bicyclic) bond motifs is 1. The molecule has 0 radical (unpaired) electrons. The Labute approximate surface area is 113 Å². The number of allylic oxidation sites excluding steroid dienone is 1. The van der Waals surface area contributed by atoms with E-state index < -0.39 is 0 Å². The minimum atomic E-state index is 0.193. The first-order valence-electron chi connectivity index (χ1n) is 6.40. The quantitative estimate of drug-likeness (QED) is 0.617. The van der Waals surface area contributed by atoms with E-state index in [0.29, 0.717) is 0 Å². The molecule has 1 heterocycles. The summed E-state index contributed by atoms with van der Waals surface area (Å²) in [6, 6.07) is 20.8. The van der Waals surface area contributed by atoms with Crippen LogP contribution in [0.15, 0.2) is 79.5 Å². The molecule has 1 heteroatoms. The van der Waals surface area contributed by atoms with Crippen molar-refractivity contribution in [1.82, 2.24) is 4.98 Å². The van der Waals surface area contributed by atoms with E-state index in [9.17, 15) is 0 Å². The third-order valence-corrected chi connectivity index (χ3v) is 3.37. The second kappa shape index (κ2) is 5.07. The zero-order valence-corrected chi connectivity index (χ0v) is 10.7. The molecular formula is C18H15N. The van der Waals surface area contributed by atoms with Gasteiger partial charge in [-0.2, -0.15) is 0 Å². The molecule has 0 N–H and O–H groups in total. The molecule has 2 aromatic carbocycles. The van der Waals surface area contributed by atoms with Gasteiger partial charge in [0.1, 0.15) is 0 Å². The lowest BCUT2D eigenvalue weighted by atomic mass is 9.92. The normalized spacial score (nSPS) is 12.2. The molecule has 0 saturated carbocycles. The molecule has 0 bridgehead atoms. The minimum absolute atomic E-state index is 0.193. The molecule has 0 amide bonds. The number of nitrogens with zero attached hydrogens (tertiary/aromatic N) is 1. The fraction of sp³-hybridized carbons (Fsp3) is 0.0556. The minimum Gasteiger partial charge on any atom is -0.256 e. The third-order valence-electron chi connectivity index (χ3n) is 3.37. The highest BCUT2D eigenvalue weighted by molar-refractivity contribution is 5.79. The molecule has 1 aromatic heterocycles. The van der Waals surface area contributed by atoms with Gasteiger partial charge in [0, 0.05) is 17.5 Å². The van der Waals surface area contributed by atoms with Crippen molar-refractivity contribution in [2.45, 2.75) is 5.92 Å². The van der Waals surface area contributed by atoms with Crippen LogP contribution in [-0.2, 0) is 0 Å². The first kappa shape index (κ1) is 11.7.